The molecule has 0 N–H and O–H groups in total. The monoisotopic (exact) mass is 549 g/mol. The molecule has 2 aromatic heterocycles. The zero-order chi connectivity index (χ0) is 28.6. The molecule has 0 unspecified atom stereocenters. The molecule has 0 aliphatic rings. The van der Waals surface area contributed by atoms with Crippen LogP contribution < -0.4 is 0 Å². The number of para-hydroxylation sites is 2. The first kappa shape index (κ1) is 25.0. The first-order chi connectivity index (χ1) is 21.3. The summed E-state index contributed by atoms with van der Waals surface area (Å²) in [4.78, 5) is 9.99. The standard InChI is InChI=1S/C40H27N3/c1-3-12-29(13-4-1)36-27-37(30-14-5-2-6-15-30)42-40(41-36)31-24-22-28(23-25-31)32-16-11-17-33(26-32)43-38-20-9-7-18-34(38)35-19-8-10-21-39(35)43/h1-27H. The van der Waals surface area contributed by atoms with Gasteiger partial charge in [-0.1, -0.05) is 133 Å². The Hall–Kier alpha value is -5.80. The second kappa shape index (κ2) is 10.6. The summed E-state index contributed by atoms with van der Waals surface area (Å²) in [5.74, 6) is 0.714. The highest BCUT2D eigenvalue weighted by atomic mass is 15.0. The van der Waals surface area contributed by atoms with Gasteiger partial charge in [0, 0.05) is 33.2 Å². The fourth-order valence-corrected chi connectivity index (χ4v) is 5.93. The van der Waals surface area contributed by atoms with E-state index in [9.17, 15) is 0 Å². The van der Waals surface area contributed by atoms with Gasteiger partial charge in [-0.2, -0.15) is 0 Å². The topological polar surface area (TPSA) is 30.7 Å². The molecular weight excluding hydrogens is 522 g/mol. The molecule has 0 radical (unpaired) electrons. The van der Waals surface area contributed by atoms with Crippen molar-refractivity contribution in [2.45, 2.75) is 0 Å². The van der Waals surface area contributed by atoms with Crippen molar-refractivity contribution < 1.29 is 0 Å². The van der Waals surface area contributed by atoms with E-state index >= 15 is 0 Å². The molecule has 202 valence electrons. The summed E-state index contributed by atoms with van der Waals surface area (Å²) in [6.45, 7) is 0. The first-order valence-electron chi connectivity index (χ1n) is 14.5. The minimum Gasteiger partial charge on any atom is -0.309 e. The van der Waals surface area contributed by atoms with Crippen LogP contribution in [0, 0.1) is 0 Å². The lowest BCUT2D eigenvalue weighted by atomic mass is 10.0. The van der Waals surface area contributed by atoms with E-state index in [1.165, 1.54) is 21.8 Å². The van der Waals surface area contributed by atoms with Crippen LogP contribution in [0.15, 0.2) is 164 Å². The maximum atomic E-state index is 4.99. The van der Waals surface area contributed by atoms with Crippen molar-refractivity contribution in [2.24, 2.45) is 0 Å². The van der Waals surface area contributed by atoms with E-state index in [-0.39, 0.29) is 0 Å². The zero-order valence-electron chi connectivity index (χ0n) is 23.4. The largest absolute Gasteiger partial charge is 0.309 e. The van der Waals surface area contributed by atoms with Gasteiger partial charge in [0.25, 0.3) is 0 Å². The molecular formula is C40H27N3. The number of hydrogen-bond acceptors (Lipinski definition) is 2. The highest BCUT2D eigenvalue weighted by Crippen LogP contribution is 2.34. The molecule has 8 aromatic rings. The van der Waals surface area contributed by atoms with E-state index in [4.69, 9.17) is 9.97 Å². The van der Waals surface area contributed by atoms with Gasteiger partial charge in [0.1, 0.15) is 0 Å². The first-order valence-corrected chi connectivity index (χ1v) is 14.5. The summed E-state index contributed by atoms with van der Waals surface area (Å²) in [6.07, 6.45) is 0. The van der Waals surface area contributed by atoms with Crippen molar-refractivity contribution in [3.8, 4) is 50.7 Å². The summed E-state index contributed by atoms with van der Waals surface area (Å²) in [7, 11) is 0. The Morgan fingerprint density at radius 2 is 0.837 bits per heavy atom. The third-order valence-corrected chi connectivity index (χ3v) is 8.03. The van der Waals surface area contributed by atoms with Crippen LogP contribution in [-0.4, -0.2) is 14.5 Å². The van der Waals surface area contributed by atoms with Crippen molar-refractivity contribution in [1.29, 1.82) is 0 Å². The predicted octanol–water partition coefficient (Wildman–Crippen LogP) is 10.2. The molecule has 0 bridgehead atoms. The fraction of sp³-hybridized carbons (Fsp3) is 0. The molecule has 0 amide bonds. The van der Waals surface area contributed by atoms with Crippen LogP contribution in [0.2, 0.25) is 0 Å². The molecule has 6 aromatic carbocycles. The summed E-state index contributed by atoms with van der Waals surface area (Å²) in [5, 5.41) is 2.53. The maximum absolute atomic E-state index is 4.99. The van der Waals surface area contributed by atoms with E-state index in [0.29, 0.717) is 5.82 Å². The van der Waals surface area contributed by atoms with Gasteiger partial charge < -0.3 is 4.57 Å². The van der Waals surface area contributed by atoms with Gasteiger partial charge in [-0.25, -0.2) is 9.97 Å². The van der Waals surface area contributed by atoms with E-state index in [0.717, 1.165) is 44.9 Å². The number of benzene rings is 6. The molecule has 43 heavy (non-hydrogen) atoms. The minimum atomic E-state index is 0.714. The van der Waals surface area contributed by atoms with Crippen LogP contribution >= 0.6 is 0 Å². The van der Waals surface area contributed by atoms with Crippen LogP contribution in [-0.2, 0) is 0 Å². The average molecular weight is 550 g/mol. The lowest BCUT2D eigenvalue weighted by Crippen LogP contribution is -1.96. The number of hydrogen-bond donors (Lipinski definition) is 0. The van der Waals surface area contributed by atoms with Gasteiger partial charge in [0.2, 0.25) is 0 Å². The van der Waals surface area contributed by atoms with Gasteiger partial charge in [-0.15, -0.1) is 0 Å². The van der Waals surface area contributed by atoms with Crippen LogP contribution in [0.5, 0.6) is 0 Å². The molecule has 0 aliphatic heterocycles. The smallest absolute Gasteiger partial charge is 0.160 e. The average Bonchev–Trinajstić information content (AvgIpc) is 3.43. The Morgan fingerprint density at radius 3 is 1.42 bits per heavy atom. The number of fused-ring (bicyclic) bond motifs is 3. The van der Waals surface area contributed by atoms with Crippen molar-refractivity contribution >= 4 is 21.8 Å². The lowest BCUT2D eigenvalue weighted by molar-refractivity contribution is 1.18. The molecule has 8 rings (SSSR count). The third-order valence-electron chi connectivity index (χ3n) is 8.03. The summed E-state index contributed by atoms with van der Waals surface area (Å²) in [5.41, 5.74) is 10.8. The Labute approximate surface area is 250 Å². The van der Waals surface area contributed by atoms with E-state index in [1.54, 1.807) is 0 Å². The molecule has 0 aliphatic carbocycles. The molecule has 3 heteroatoms. The van der Waals surface area contributed by atoms with Gasteiger partial charge in [0.05, 0.1) is 22.4 Å². The van der Waals surface area contributed by atoms with Gasteiger partial charge in [-0.3, -0.25) is 0 Å². The fourth-order valence-electron chi connectivity index (χ4n) is 5.93. The van der Waals surface area contributed by atoms with E-state index < -0.39 is 0 Å². The number of nitrogens with zero attached hydrogens (tertiary/aromatic N) is 3. The molecule has 0 fully saturated rings. The van der Waals surface area contributed by atoms with Crippen LogP contribution in [0.3, 0.4) is 0 Å². The molecule has 0 saturated carbocycles. The van der Waals surface area contributed by atoms with Crippen LogP contribution in [0.25, 0.3) is 72.5 Å². The second-order valence-corrected chi connectivity index (χ2v) is 10.7. The third kappa shape index (κ3) is 4.58. The van der Waals surface area contributed by atoms with Gasteiger partial charge >= 0.3 is 0 Å². The summed E-state index contributed by atoms with van der Waals surface area (Å²) < 4.78 is 2.36. The Bertz CT molecular complexity index is 2100. The van der Waals surface area contributed by atoms with Crippen molar-refractivity contribution in [1.82, 2.24) is 14.5 Å². The highest BCUT2D eigenvalue weighted by Gasteiger charge is 2.13. The Kier molecular flexibility index (Phi) is 6.12. The number of aromatic nitrogens is 3. The second-order valence-electron chi connectivity index (χ2n) is 10.7. The van der Waals surface area contributed by atoms with Crippen molar-refractivity contribution in [3.05, 3.63) is 164 Å². The van der Waals surface area contributed by atoms with Crippen molar-refractivity contribution in [3.63, 3.8) is 0 Å². The minimum absolute atomic E-state index is 0.714. The normalized spacial score (nSPS) is 11.3. The molecule has 2 heterocycles. The SMILES string of the molecule is c1ccc(-c2cc(-c3ccccc3)nc(-c3ccc(-c4cccc(-n5c6ccccc6c6ccccc65)c4)cc3)n2)cc1. The summed E-state index contributed by atoms with van der Waals surface area (Å²) in [6, 6.07) is 57.3. The highest BCUT2D eigenvalue weighted by molar-refractivity contribution is 6.09. The molecule has 0 atom stereocenters. The molecule has 3 nitrogen and oxygen atoms in total. The predicted molar refractivity (Wildman–Crippen MR) is 178 cm³/mol. The van der Waals surface area contributed by atoms with E-state index in [1.807, 2.05) is 36.4 Å². The van der Waals surface area contributed by atoms with Gasteiger partial charge in [-0.05, 0) is 41.5 Å². The van der Waals surface area contributed by atoms with E-state index in [2.05, 4.69) is 132 Å². The lowest BCUT2D eigenvalue weighted by Gasteiger charge is -2.11. The van der Waals surface area contributed by atoms with Crippen molar-refractivity contribution in [2.75, 3.05) is 0 Å². The molecule has 0 saturated heterocycles. The van der Waals surface area contributed by atoms with Crippen LogP contribution in [0.4, 0.5) is 0 Å². The zero-order valence-corrected chi connectivity index (χ0v) is 23.4. The maximum Gasteiger partial charge on any atom is 0.160 e. The van der Waals surface area contributed by atoms with Gasteiger partial charge in [0.15, 0.2) is 5.82 Å². The molecule has 0 spiro atoms. The Morgan fingerprint density at radius 1 is 0.349 bits per heavy atom. The van der Waals surface area contributed by atoms with Crippen LogP contribution in [0.1, 0.15) is 0 Å². The number of rotatable bonds is 5. The summed E-state index contributed by atoms with van der Waals surface area (Å²) >= 11 is 0. The Balaban J connectivity index is 1.19. The quantitative estimate of drug-likeness (QED) is 0.214.